The molecule has 464 valence electrons. The summed E-state index contributed by atoms with van der Waals surface area (Å²) in [5.41, 5.74) is 28.8. The van der Waals surface area contributed by atoms with Crippen molar-refractivity contribution in [3.63, 3.8) is 0 Å². The lowest BCUT2D eigenvalue weighted by atomic mass is 10.0. The molecule has 8 aromatic carbocycles. The van der Waals surface area contributed by atoms with E-state index in [0.717, 1.165) is 28.1 Å². The summed E-state index contributed by atoms with van der Waals surface area (Å²) in [6, 6.07) is 87.8. The molecule has 0 radical (unpaired) electrons. The van der Waals surface area contributed by atoms with E-state index >= 15 is 0 Å². The quantitative estimate of drug-likeness (QED) is 0.141. The number of fused-ring (bicyclic) bond motifs is 4. The van der Waals surface area contributed by atoms with Crippen molar-refractivity contribution >= 4 is 43.6 Å². The van der Waals surface area contributed by atoms with E-state index in [-0.39, 0.29) is 0 Å². The van der Waals surface area contributed by atoms with Crippen molar-refractivity contribution in [1.29, 1.82) is 0 Å². The second-order valence-electron chi connectivity index (χ2n) is 24.1. The Hall–Kier alpha value is -12.1. The van der Waals surface area contributed by atoms with E-state index in [4.69, 9.17) is 0 Å². The monoisotopic (exact) mass is 1250 g/mol. The number of rotatable bonds is 8. The van der Waals surface area contributed by atoms with Gasteiger partial charge in [0.1, 0.15) is 34.5 Å². The maximum atomic E-state index is 4.39. The van der Waals surface area contributed by atoms with Crippen LogP contribution in [0.1, 0.15) is 22.3 Å². The first-order chi connectivity index (χ1) is 46.9. The van der Waals surface area contributed by atoms with Gasteiger partial charge in [-0.25, -0.2) is 9.97 Å². The van der Waals surface area contributed by atoms with E-state index in [2.05, 4.69) is 329 Å². The highest BCUT2D eigenvalue weighted by molar-refractivity contribution is 5.87. The summed E-state index contributed by atoms with van der Waals surface area (Å²) in [5.74, 6) is 0. The van der Waals surface area contributed by atoms with E-state index in [1.165, 1.54) is 128 Å². The Morgan fingerprint density at radius 1 is 0.240 bits per heavy atom. The number of benzene rings is 8. The molecule has 0 bridgehead atoms. The Kier molecular flexibility index (Phi) is 18.5. The van der Waals surface area contributed by atoms with Crippen molar-refractivity contribution in [2.45, 2.75) is 27.7 Å². The predicted molar refractivity (Wildman–Crippen MR) is 390 cm³/mol. The molecule has 0 aliphatic carbocycles. The van der Waals surface area contributed by atoms with Gasteiger partial charge in [-0.3, -0.25) is 19.9 Å². The molecule has 0 atom stereocenters. The van der Waals surface area contributed by atoms with Crippen LogP contribution in [0.4, 0.5) is 0 Å². The maximum Gasteiger partial charge on any atom is 0.213 e. The number of hydrogen-bond donors (Lipinski definition) is 0. The predicted octanol–water partition coefficient (Wildman–Crippen LogP) is 17.6. The molecule has 0 amide bonds. The molecule has 0 unspecified atom stereocenters. The third kappa shape index (κ3) is 13.4. The number of hydrogen-bond acceptors (Lipinski definition) is 6. The first-order valence-corrected chi connectivity index (χ1v) is 32.2. The molecule has 0 saturated carbocycles. The highest BCUT2D eigenvalue weighted by Gasteiger charge is 2.21. The highest BCUT2D eigenvalue weighted by Crippen LogP contribution is 2.31. The van der Waals surface area contributed by atoms with Crippen LogP contribution < -0.4 is 18.3 Å². The molecule has 0 spiro atoms. The van der Waals surface area contributed by atoms with Gasteiger partial charge in [-0.15, -0.1) is 0 Å². The Bertz CT molecular complexity index is 4770. The standard InChI is InChI=1S/2C22H19N2.2C21H18N3/c1-16-6-3-4-8-20(16)22-12-10-18-14-17(9-11-21(18)24(22)2)19-7-5-13-23-15-19;1-16-5-3-4-6-20(16)22-10-8-19-15-18(7-9-21(19)24(22)2)17-11-13-23-14-12-17;1-15-5-3-4-6-18(15)21-10-8-17-13-16(7-9-20(17)24(21)2)19-14-22-11-12-23-19;1-15-5-3-4-6-18(15)21-10-8-17-13-16(7-9-20(17)24(21)2)19-11-12-22-14-23-19/h2*3-15H,1-2H3;2*3-14H,1-2H3/q4*+1. The fourth-order valence-corrected chi connectivity index (χ4v) is 12.8. The van der Waals surface area contributed by atoms with Gasteiger partial charge in [0.05, 0.1) is 17.6 Å². The van der Waals surface area contributed by atoms with Gasteiger partial charge >= 0.3 is 0 Å². The lowest BCUT2D eigenvalue weighted by Gasteiger charge is -2.07. The smallest absolute Gasteiger partial charge is 0.213 e. The van der Waals surface area contributed by atoms with Crippen molar-refractivity contribution in [3.05, 3.63) is 327 Å². The highest BCUT2D eigenvalue weighted by atomic mass is 15.0. The second-order valence-corrected chi connectivity index (χ2v) is 24.1. The van der Waals surface area contributed by atoms with E-state index in [9.17, 15) is 0 Å². The number of nitrogens with zero attached hydrogens (tertiary/aromatic N) is 10. The van der Waals surface area contributed by atoms with Crippen LogP contribution in [-0.4, -0.2) is 29.9 Å². The van der Waals surface area contributed by atoms with Gasteiger partial charge in [-0.1, -0.05) is 78.9 Å². The molecule has 8 aromatic heterocycles. The van der Waals surface area contributed by atoms with Crippen LogP contribution in [0.5, 0.6) is 0 Å². The van der Waals surface area contributed by atoms with Crippen LogP contribution in [0, 0.1) is 27.7 Å². The minimum Gasteiger partial charge on any atom is -0.265 e. The Morgan fingerprint density at radius 3 is 0.990 bits per heavy atom. The van der Waals surface area contributed by atoms with Crippen molar-refractivity contribution in [1.82, 2.24) is 29.9 Å². The minimum atomic E-state index is 0.894. The van der Waals surface area contributed by atoms with Crippen molar-refractivity contribution in [2.75, 3.05) is 0 Å². The average Bonchev–Trinajstić information content (AvgIpc) is 0.845. The third-order valence-corrected chi connectivity index (χ3v) is 18.1. The third-order valence-electron chi connectivity index (χ3n) is 18.1. The van der Waals surface area contributed by atoms with Crippen LogP contribution in [-0.2, 0) is 28.2 Å². The molecule has 0 saturated heterocycles. The first-order valence-electron chi connectivity index (χ1n) is 32.2. The molecule has 96 heavy (non-hydrogen) atoms. The molecule has 8 heterocycles. The summed E-state index contributed by atoms with van der Waals surface area (Å²) in [4.78, 5) is 25.2. The van der Waals surface area contributed by atoms with Crippen LogP contribution in [0.15, 0.2) is 305 Å². The van der Waals surface area contributed by atoms with E-state index < -0.39 is 0 Å². The summed E-state index contributed by atoms with van der Waals surface area (Å²) in [6.07, 6.45) is 15.9. The van der Waals surface area contributed by atoms with E-state index in [0.29, 0.717) is 0 Å². The van der Waals surface area contributed by atoms with Gasteiger partial charge in [0, 0.05) is 152 Å². The second kappa shape index (κ2) is 28.4. The molecule has 16 aromatic rings. The van der Waals surface area contributed by atoms with Gasteiger partial charge in [0.15, 0.2) is 0 Å². The van der Waals surface area contributed by atoms with Crippen LogP contribution in [0.3, 0.4) is 0 Å². The lowest BCUT2D eigenvalue weighted by molar-refractivity contribution is -0.633. The molecular weight excluding hydrogens is 1170 g/mol. The fourth-order valence-electron chi connectivity index (χ4n) is 12.8. The zero-order valence-electron chi connectivity index (χ0n) is 55.3. The minimum absolute atomic E-state index is 0.894. The van der Waals surface area contributed by atoms with Gasteiger partial charge in [0.25, 0.3) is 0 Å². The molecule has 10 nitrogen and oxygen atoms in total. The zero-order chi connectivity index (χ0) is 66.1. The summed E-state index contributed by atoms with van der Waals surface area (Å²) in [5, 5.41) is 4.87. The Morgan fingerprint density at radius 2 is 0.615 bits per heavy atom. The van der Waals surface area contributed by atoms with Gasteiger partial charge in [-0.05, 0) is 188 Å². The van der Waals surface area contributed by atoms with Crippen molar-refractivity contribution < 1.29 is 18.3 Å². The number of aryl methyl sites for hydroxylation is 8. The van der Waals surface area contributed by atoms with E-state index in [1.54, 1.807) is 37.3 Å². The molecule has 0 aliphatic heterocycles. The maximum absolute atomic E-state index is 4.39. The number of pyridine rings is 6. The topological polar surface area (TPSA) is 92.9 Å². The molecule has 10 heteroatoms. The largest absolute Gasteiger partial charge is 0.265 e. The number of aromatic nitrogens is 10. The van der Waals surface area contributed by atoms with Crippen LogP contribution >= 0.6 is 0 Å². The fraction of sp³-hybridized carbons (Fsp3) is 0.0930. The summed E-state index contributed by atoms with van der Waals surface area (Å²) in [7, 11) is 8.50. The summed E-state index contributed by atoms with van der Waals surface area (Å²) in [6.45, 7) is 8.62. The normalized spacial score (nSPS) is 10.9. The Labute approximate surface area is 561 Å². The van der Waals surface area contributed by atoms with Gasteiger partial charge in [0.2, 0.25) is 44.8 Å². The SMILES string of the molecule is Cc1ccccc1-c1ccc2cc(-c3cccnc3)ccc2[n+]1C.Cc1ccccc1-c1ccc2cc(-c3ccncc3)ccc2[n+]1C.Cc1ccccc1-c1ccc2cc(-c3ccncn3)ccc2[n+]1C.Cc1ccccc1-c1ccc2cc(-c3cnccn3)ccc2[n+]1C. The van der Waals surface area contributed by atoms with Gasteiger partial charge in [-0.2, -0.15) is 18.3 Å². The molecule has 0 N–H and O–H groups in total. The zero-order valence-corrected chi connectivity index (χ0v) is 55.3. The molecular formula is C86H74N10+4. The molecule has 16 rings (SSSR count). The molecule has 0 fully saturated rings. The lowest BCUT2D eigenvalue weighted by Crippen LogP contribution is -2.32. The summed E-state index contributed by atoms with van der Waals surface area (Å²) >= 11 is 0. The molecule has 0 aliphatic rings. The summed E-state index contributed by atoms with van der Waals surface area (Å²) < 4.78 is 9.04. The van der Waals surface area contributed by atoms with Crippen LogP contribution in [0.2, 0.25) is 0 Å². The van der Waals surface area contributed by atoms with Crippen molar-refractivity contribution in [3.8, 4) is 89.8 Å². The Balaban J connectivity index is 0.000000116. The first kappa shape index (κ1) is 62.7. The van der Waals surface area contributed by atoms with E-state index in [1.807, 2.05) is 42.9 Å². The van der Waals surface area contributed by atoms with Crippen molar-refractivity contribution in [2.24, 2.45) is 28.2 Å². The average molecular weight is 1250 g/mol. The van der Waals surface area contributed by atoms with Gasteiger partial charge < -0.3 is 0 Å². The van der Waals surface area contributed by atoms with Crippen LogP contribution in [0.25, 0.3) is 133 Å².